The molecule has 1 aromatic heterocycles. The Labute approximate surface area is 161 Å². The summed E-state index contributed by atoms with van der Waals surface area (Å²) in [7, 11) is 1.58. The predicted molar refractivity (Wildman–Crippen MR) is 109 cm³/mol. The van der Waals surface area contributed by atoms with Crippen molar-refractivity contribution in [2.24, 2.45) is 10.7 Å². The maximum Gasteiger partial charge on any atom is 0.193 e. The zero-order valence-electron chi connectivity index (χ0n) is 14.3. The van der Waals surface area contributed by atoms with Gasteiger partial charge in [-0.15, -0.1) is 11.3 Å². The van der Waals surface area contributed by atoms with Crippen molar-refractivity contribution in [1.82, 2.24) is 4.98 Å². The van der Waals surface area contributed by atoms with Crippen molar-refractivity contribution in [2.45, 2.75) is 6.42 Å². The number of thiazole rings is 1. The number of anilines is 1. The molecule has 134 valence electrons. The first-order valence-corrected chi connectivity index (χ1v) is 9.32. The number of nitrogens with one attached hydrogen (secondary N) is 1. The van der Waals surface area contributed by atoms with E-state index in [0.29, 0.717) is 23.3 Å². The minimum Gasteiger partial charge on any atom is -0.495 e. The molecule has 0 radical (unpaired) electrons. The highest BCUT2D eigenvalue weighted by molar-refractivity contribution is 7.13. The van der Waals surface area contributed by atoms with E-state index in [1.165, 1.54) is 0 Å². The fourth-order valence-electron chi connectivity index (χ4n) is 2.36. The first-order valence-electron chi connectivity index (χ1n) is 8.06. The Morgan fingerprint density at radius 1 is 1.27 bits per heavy atom. The number of guanidine groups is 1. The lowest BCUT2D eigenvalue weighted by atomic mass is 10.2. The van der Waals surface area contributed by atoms with Gasteiger partial charge >= 0.3 is 0 Å². The third kappa shape index (κ3) is 4.74. The summed E-state index contributed by atoms with van der Waals surface area (Å²) in [5, 5.41) is 6.61. The predicted octanol–water partition coefficient (Wildman–Crippen LogP) is 4.44. The van der Waals surface area contributed by atoms with Crippen molar-refractivity contribution < 1.29 is 4.74 Å². The maximum atomic E-state index is 6.10. The Kier molecular flexibility index (Phi) is 6.09. The SMILES string of the molecule is COc1ccc(NC(N)=NCCc2csc(-c3ccccc3)n2)cc1Cl. The van der Waals surface area contributed by atoms with Crippen molar-refractivity contribution in [3.63, 3.8) is 0 Å². The van der Waals surface area contributed by atoms with Crippen LogP contribution in [0.5, 0.6) is 5.75 Å². The Balaban J connectivity index is 1.55. The summed E-state index contributed by atoms with van der Waals surface area (Å²) >= 11 is 7.73. The van der Waals surface area contributed by atoms with Crippen molar-refractivity contribution in [3.8, 4) is 16.3 Å². The van der Waals surface area contributed by atoms with Gasteiger partial charge in [0, 0.05) is 29.6 Å². The second-order valence-electron chi connectivity index (χ2n) is 5.50. The van der Waals surface area contributed by atoms with Gasteiger partial charge in [-0.2, -0.15) is 0 Å². The van der Waals surface area contributed by atoms with Gasteiger partial charge < -0.3 is 15.8 Å². The van der Waals surface area contributed by atoms with E-state index in [-0.39, 0.29) is 0 Å². The van der Waals surface area contributed by atoms with Crippen LogP contribution in [0.4, 0.5) is 5.69 Å². The molecule has 0 unspecified atom stereocenters. The quantitative estimate of drug-likeness (QED) is 0.485. The number of halogens is 1. The zero-order valence-corrected chi connectivity index (χ0v) is 15.8. The number of nitrogens with two attached hydrogens (primary N) is 1. The Morgan fingerprint density at radius 2 is 2.08 bits per heavy atom. The molecule has 0 saturated heterocycles. The number of rotatable bonds is 6. The molecule has 0 spiro atoms. The van der Waals surface area contributed by atoms with Gasteiger partial charge in [0.1, 0.15) is 10.8 Å². The van der Waals surface area contributed by atoms with Crippen LogP contribution in [0.25, 0.3) is 10.6 Å². The molecule has 0 saturated carbocycles. The van der Waals surface area contributed by atoms with Gasteiger partial charge in [-0.05, 0) is 18.2 Å². The minimum atomic E-state index is 0.338. The van der Waals surface area contributed by atoms with Crippen LogP contribution < -0.4 is 15.8 Å². The van der Waals surface area contributed by atoms with Crippen LogP contribution in [0, 0.1) is 0 Å². The molecule has 3 rings (SSSR count). The van der Waals surface area contributed by atoms with Crippen LogP contribution >= 0.6 is 22.9 Å². The van der Waals surface area contributed by atoms with E-state index >= 15 is 0 Å². The van der Waals surface area contributed by atoms with Crippen LogP contribution in [0.2, 0.25) is 5.02 Å². The third-order valence-electron chi connectivity index (χ3n) is 3.65. The molecule has 0 atom stereocenters. The highest BCUT2D eigenvalue weighted by Gasteiger charge is 2.05. The van der Waals surface area contributed by atoms with E-state index in [4.69, 9.17) is 22.1 Å². The summed E-state index contributed by atoms with van der Waals surface area (Å²) in [5.74, 6) is 0.954. The summed E-state index contributed by atoms with van der Waals surface area (Å²) in [5.41, 5.74) is 8.84. The van der Waals surface area contributed by atoms with E-state index in [1.807, 2.05) is 24.3 Å². The Bertz CT molecular complexity index is 896. The molecule has 3 aromatic rings. The van der Waals surface area contributed by atoms with Gasteiger partial charge in [-0.3, -0.25) is 4.99 Å². The van der Waals surface area contributed by atoms with E-state index in [0.717, 1.165) is 28.4 Å². The molecular weight excluding hydrogens is 368 g/mol. The largest absolute Gasteiger partial charge is 0.495 e. The van der Waals surface area contributed by atoms with Crippen LogP contribution in [0.15, 0.2) is 58.9 Å². The molecule has 0 aliphatic heterocycles. The monoisotopic (exact) mass is 386 g/mol. The molecule has 2 aromatic carbocycles. The summed E-state index contributed by atoms with van der Waals surface area (Å²) in [6, 6.07) is 15.5. The summed E-state index contributed by atoms with van der Waals surface area (Å²) in [6.45, 7) is 0.556. The fourth-order valence-corrected chi connectivity index (χ4v) is 3.48. The summed E-state index contributed by atoms with van der Waals surface area (Å²) in [4.78, 5) is 8.99. The molecule has 7 heteroatoms. The topological polar surface area (TPSA) is 72.5 Å². The van der Waals surface area contributed by atoms with Gasteiger partial charge in [0.05, 0.1) is 17.8 Å². The first kappa shape index (κ1) is 18.2. The smallest absolute Gasteiger partial charge is 0.193 e. The number of aromatic nitrogens is 1. The van der Waals surface area contributed by atoms with Crippen molar-refractivity contribution in [1.29, 1.82) is 0 Å². The minimum absolute atomic E-state index is 0.338. The number of hydrogen-bond donors (Lipinski definition) is 2. The molecule has 0 fully saturated rings. The molecule has 0 amide bonds. The molecule has 5 nitrogen and oxygen atoms in total. The number of ether oxygens (including phenoxy) is 1. The van der Waals surface area contributed by atoms with Crippen molar-refractivity contribution in [3.05, 3.63) is 64.6 Å². The standard InChI is InChI=1S/C19H19ClN4OS/c1-25-17-8-7-14(11-16(17)20)24-19(21)22-10-9-15-12-26-18(23-15)13-5-3-2-4-6-13/h2-8,11-12H,9-10H2,1H3,(H3,21,22,24). The average molecular weight is 387 g/mol. The molecular formula is C19H19ClN4OS. The van der Waals surface area contributed by atoms with Gasteiger partial charge in [-0.1, -0.05) is 41.9 Å². The Hall–Kier alpha value is -2.57. The van der Waals surface area contributed by atoms with E-state index in [2.05, 4.69) is 32.8 Å². The lowest BCUT2D eigenvalue weighted by Crippen LogP contribution is -2.23. The lowest BCUT2D eigenvalue weighted by Gasteiger charge is -2.08. The molecule has 0 aliphatic rings. The summed E-state index contributed by atoms with van der Waals surface area (Å²) in [6.07, 6.45) is 0.731. The molecule has 0 aliphatic carbocycles. The molecule has 1 heterocycles. The number of hydrogen-bond acceptors (Lipinski definition) is 4. The second-order valence-corrected chi connectivity index (χ2v) is 6.77. The lowest BCUT2D eigenvalue weighted by molar-refractivity contribution is 0.415. The number of aliphatic imine (C=N–C) groups is 1. The highest BCUT2D eigenvalue weighted by Crippen LogP contribution is 2.27. The van der Waals surface area contributed by atoms with Gasteiger partial charge in [-0.25, -0.2) is 4.98 Å². The van der Waals surface area contributed by atoms with Crippen LogP contribution in [0.3, 0.4) is 0 Å². The van der Waals surface area contributed by atoms with Crippen molar-refractivity contribution in [2.75, 3.05) is 19.0 Å². The first-order chi connectivity index (χ1) is 12.7. The summed E-state index contributed by atoms with van der Waals surface area (Å²) < 4.78 is 5.13. The van der Waals surface area contributed by atoms with E-state index in [9.17, 15) is 0 Å². The number of nitrogens with zero attached hydrogens (tertiary/aromatic N) is 2. The highest BCUT2D eigenvalue weighted by atomic mass is 35.5. The number of methoxy groups -OCH3 is 1. The Morgan fingerprint density at radius 3 is 2.81 bits per heavy atom. The zero-order chi connectivity index (χ0) is 18.4. The second kappa shape index (κ2) is 8.69. The molecule has 0 bridgehead atoms. The van der Waals surface area contributed by atoms with Gasteiger partial charge in [0.15, 0.2) is 5.96 Å². The van der Waals surface area contributed by atoms with Crippen LogP contribution in [0.1, 0.15) is 5.69 Å². The third-order valence-corrected chi connectivity index (χ3v) is 4.88. The number of benzene rings is 2. The van der Waals surface area contributed by atoms with E-state index in [1.54, 1.807) is 30.6 Å². The maximum absolute atomic E-state index is 6.10. The van der Waals surface area contributed by atoms with Crippen LogP contribution in [-0.4, -0.2) is 24.6 Å². The normalized spacial score (nSPS) is 11.4. The van der Waals surface area contributed by atoms with Gasteiger partial charge in [0.2, 0.25) is 0 Å². The van der Waals surface area contributed by atoms with Crippen LogP contribution in [-0.2, 0) is 6.42 Å². The fraction of sp³-hybridized carbons (Fsp3) is 0.158. The average Bonchev–Trinajstić information content (AvgIpc) is 3.11. The van der Waals surface area contributed by atoms with Crippen molar-refractivity contribution >= 4 is 34.6 Å². The van der Waals surface area contributed by atoms with Gasteiger partial charge in [0.25, 0.3) is 0 Å². The molecule has 3 N–H and O–H groups in total. The molecule has 26 heavy (non-hydrogen) atoms. The van der Waals surface area contributed by atoms with E-state index < -0.39 is 0 Å².